The molecule has 0 unspecified atom stereocenters. The van der Waals surface area contributed by atoms with Crippen LogP contribution in [0.15, 0.2) is 0 Å². The Hall–Kier alpha value is -0.900. The van der Waals surface area contributed by atoms with E-state index in [1.165, 1.54) is 19.3 Å². The highest BCUT2D eigenvalue weighted by Gasteiger charge is 2.26. The standard InChI is InChI=1S/C11H20N4/c1-8(2)7-15-10(6-12)13-14-11(15)9-4-3-5-9/h8-9H,3-7,12H2,1-2H3. The van der Waals surface area contributed by atoms with Gasteiger partial charge in [-0.05, 0) is 18.8 Å². The zero-order valence-corrected chi connectivity index (χ0v) is 9.61. The van der Waals surface area contributed by atoms with Crippen molar-refractivity contribution in [2.24, 2.45) is 11.7 Å². The molecule has 2 N–H and O–H groups in total. The van der Waals surface area contributed by atoms with E-state index in [0.29, 0.717) is 18.4 Å². The average Bonchev–Trinajstić information content (AvgIpc) is 2.45. The van der Waals surface area contributed by atoms with Crippen molar-refractivity contribution in [3.63, 3.8) is 0 Å². The maximum absolute atomic E-state index is 5.68. The van der Waals surface area contributed by atoms with Crippen molar-refractivity contribution in [2.45, 2.75) is 52.1 Å². The lowest BCUT2D eigenvalue weighted by Crippen LogP contribution is -2.19. The second kappa shape index (κ2) is 4.31. The second-order valence-electron chi connectivity index (χ2n) is 4.81. The van der Waals surface area contributed by atoms with Crippen LogP contribution < -0.4 is 5.73 Å². The van der Waals surface area contributed by atoms with E-state index in [1.807, 2.05) is 0 Å². The van der Waals surface area contributed by atoms with E-state index in [2.05, 4.69) is 28.6 Å². The van der Waals surface area contributed by atoms with Crippen molar-refractivity contribution in [3.8, 4) is 0 Å². The summed E-state index contributed by atoms with van der Waals surface area (Å²) >= 11 is 0. The highest BCUT2D eigenvalue weighted by molar-refractivity contribution is 5.05. The van der Waals surface area contributed by atoms with E-state index in [4.69, 9.17) is 5.73 Å². The first kappa shape index (κ1) is 10.6. The Balaban J connectivity index is 2.23. The summed E-state index contributed by atoms with van der Waals surface area (Å²) in [6.45, 7) is 5.91. The number of aromatic nitrogens is 3. The SMILES string of the molecule is CC(C)Cn1c(CN)nnc1C1CCC1. The van der Waals surface area contributed by atoms with Crippen LogP contribution in [0.4, 0.5) is 0 Å². The monoisotopic (exact) mass is 208 g/mol. The van der Waals surface area contributed by atoms with Gasteiger partial charge in [-0.3, -0.25) is 0 Å². The molecule has 1 heterocycles. The Morgan fingerprint density at radius 2 is 2.13 bits per heavy atom. The van der Waals surface area contributed by atoms with Gasteiger partial charge >= 0.3 is 0 Å². The van der Waals surface area contributed by atoms with Gasteiger partial charge in [-0.2, -0.15) is 0 Å². The average molecular weight is 208 g/mol. The molecule has 0 atom stereocenters. The Kier molecular flexibility index (Phi) is 3.05. The summed E-state index contributed by atoms with van der Waals surface area (Å²) < 4.78 is 2.23. The summed E-state index contributed by atoms with van der Waals surface area (Å²) in [4.78, 5) is 0. The fourth-order valence-electron chi connectivity index (χ4n) is 2.03. The van der Waals surface area contributed by atoms with Gasteiger partial charge in [0.2, 0.25) is 0 Å². The second-order valence-corrected chi connectivity index (χ2v) is 4.81. The van der Waals surface area contributed by atoms with E-state index in [9.17, 15) is 0 Å². The summed E-state index contributed by atoms with van der Waals surface area (Å²) in [5, 5.41) is 8.47. The Morgan fingerprint density at radius 1 is 1.40 bits per heavy atom. The highest BCUT2D eigenvalue weighted by atomic mass is 15.3. The summed E-state index contributed by atoms with van der Waals surface area (Å²) in [7, 11) is 0. The lowest BCUT2D eigenvalue weighted by molar-refractivity contribution is 0.373. The minimum atomic E-state index is 0.492. The van der Waals surface area contributed by atoms with Gasteiger partial charge in [-0.15, -0.1) is 10.2 Å². The van der Waals surface area contributed by atoms with Crippen molar-refractivity contribution in [1.29, 1.82) is 0 Å². The lowest BCUT2D eigenvalue weighted by Gasteiger charge is -2.25. The third-order valence-electron chi connectivity index (χ3n) is 3.06. The zero-order valence-electron chi connectivity index (χ0n) is 9.61. The normalized spacial score (nSPS) is 17.1. The molecular weight excluding hydrogens is 188 g/mol. The highest BCUT2D eigenvalue weighted by Crippen LogP contribution is 2.35. The van der Waals surface area contributed by atoms with Crippen LogP contribution >= 0.6 is 0 Å². The van der Waals surface area contributed by atoms with Gasteiger partial charge in [0.25, 0.3) is 0 Å². The molecule has 1 aliphatic rings. The first-order valence-corrected chi connectivity index (χ1v) is 5.84. The van der Waals surface area contributed by atoms with Crippen LogP contribution in [0.5, 0.6) is 0 Å². The van der Waals surface area contributed by atoms with Crippen molar-refractivity contribution >= 4 is 0 Å². The first-order valence-electron chi connectivity index (χ1n) is 5.84. The minimum Gasteiger partial charge on any atom is -0.324 e. The molecule has 1 aromatic rings. The topological polar surface area (TPSA) is 56.7 Å². The van der Waals surface area contributed by atoms with Crippen LogP contribution in [-0.4, -0.2) is 14.8 Å². The van der Waals surface area contributed by atoms with E-state index in [0.717, 1.165) is 18.2 Å². The fourth-order valence-corrected chi connectivity index (χ4v) is 2.03. The number of hydrogen-bond acceptors (Lipinski definition) is 3. The Bertz CT molecular complexity index is 325. The molecule has 1 fully saturated rings. The molecule has 0 spiro atoms. The number of nitrogens with two attached hydrogens (primary N) is 1. The van der Waals surface area contributed by atoms with Crippen LogP contribution in [-0.2, 0) is 13.1 Å². The van der Waals surface area contributed by atoms with Gasteiger partial charge in [0.05, 0.1) is 6.54 Å². The maximum Gasteiger partial charge on any atom is 0.146 e. The largest absolute Gasteiger partial charge is 0.324 e. The first-order chi connectivity index (χ1) is 7.22. The molecule has 0 aromatic carbocycles. The van der Waals surface area contributed by atoms with Gasteiger partial charge in [0, 0.05) is 12.5 Å². The molecule has 15 heavy (non-hydrogen) atoms. The number of rotatable bonds is 4. The molecule has 0 amide bonds. The van der Waals surface area contributed by atoms with E-state index in [1.54, 1.807) is 0 Å². The Morgan fingerprint density at radius 3 is 2.60 bits per heavy atom. The molecule has 1 aromatic heterocycles. The summed E-state index contributed by atoms with van der Waals surface area (Å²) in [6, 6.07) is 0. The van der Waals surface area contributed by atoms with Crippen LogP contribution in [0.3, 0.4) is 0 Å². The molecule has 84 valence electrons. The van der Waals surface area contributed by atoms with Crippen LogP contribution in [0.2, 0.25) is 0 Å². The molecule has 4 heteroatoms. The predicted molar refractivity (Wildman–Crippen MR) is 59.3 cm³/mol. The minimum absolute atomic E-state index is 0.492. The maximum atomic E-state index is 5.68. The van der Waals surface area contributed by atoms with Gasteiger partial charge in [-0.1, -0.05) is 20.3 Å². The summed E-state index contributed by atoms with van der Waals surface area (Å²) in [5.74, 6) is 3.35. The van der Waals surface area contributed by atoms with Crippen LogP contribution in [0.1, 0.15) is 50.7 Å². The fraction of sp³-hybridized carbons (Fsp3) is 0.818. The van der Waals surface area contributed by atoms with Gasteiger partial charge < -0.3 is 10.3 Å². The van der Waals surface area contributed by atoms with E-state index in [-0.39, 0.29) is 0 Å². The molecule has 1 aliphatic carbocycles. The smallest absolute Gasteiger partial charge is 0.146 e. The van der Waals surface area contributed by atoms with Gasteiger partial charge in [0.15, 0.2) is 0 Å². The van der Waals surface area contributed by atoms with Crippen LogP contribution in [0.25, 0.3) is 0 Å². The van der Waals surface area contributed by atoms with Crippen molar-refractivity contribution in [3.05, 3.63) is 11.6 Å². The molecule has 0 bridgehead atoms. The predicted octanol–water partition coefficient (Wildman–Crippen LogP) is 1.66. The summed E-state index contributed by atoms with van der Waals surface area (Å²) in [6.07, 6.45) is 3.86. The summed E-state index contributed by atoms with van der Waals surface area (Å²) in [5.41, 5.74) is 5.68. The Labute approximate surface area is 90.9 Å². The third-order valence-corrected chi connectivity index (χ3v) is 3.06. The van der Waals surface area contributed by atoms with Crippen molar-refractivity contribution in [1.82, 2.24) is 14.8 Å². The molecule has 0 saturated heterocycles. The molecule has 0 aliphatic heterocycles. The molecule has 0 radical (unpaired) electrons. The lowest BCUT2D eigenvalue weighted by atomic mass is 9.85. The number of hydrogen-bond donors (Lipinski definition) is 1. The van der Waals surface area contributed by atoms with Crippen molar-refractivity contribution < 1.29 is 0 Å². The van der Waals surface area contributed by atoms with Crippen molar-refractivity contribution in [2.75, 3.05) is 0 Å². The molecular formula is C11H20N4. The number of nitrogens with zero attached hydrogens (tertiary/aromatic N) is 3. The third kappa shape index (κ3) is 2.04. The molecule has 4 nitrogen and oxygen atoms in total. The molecule has 1 saturated carbocycles. The molecule has 2 rings (SSSR count). The van der Waals surface area contributed by atoms with Gasteiger partial charge in [-0.25, -0.2) is 0 Å². The van der Waals surface area contributed by atoms with E-state index < -0.39 is 0 Å². The quantitative estimate of drug-likeness (QED) is 0.818. The van der Waals surface area contributed by atoms with Gasteiger partial charge in [0.1, 0.15) is 11.6 Å². The zero-order chi connectivity index (χ0) is 10.8. The van der Waals surface area contributed by atoms with E-state index >= 15 is 0 Å². The van der Waals surface area contributed by atoms with Crippen LogP contribution in [0, 0.1) is 5.92 Å².